The van der Waals surface area contributed by atoms with Gasteiger partial charge in [0.2, 0.25) is 0 Å². The van der Waals surface area contributed by atoms with Gasteiger partial charge in [-0.15, -0.1) is 0 Å². The smallest absolute Gasteiger partial charge is 0.304 e. The lowest BCUT2D eigenvalue weighted by Crippen LogP contribution is -2.01. The topological polar surface area (TPSA) is 46.5 Å². The SMILES string of the molecule is Cc1cc(C)cc(OCCCSCCC(=O)O)c1. The highest BCUT2D eigenvalue weighted by molar-refractivity contribution is 7.99. The first-order valence-corrected chi connectivity index (χ1v) is 7.24. The van der Waals surface area contributed by atoms with E-state index in [4.69, 9.17) is 9.84 Å². The molecule has 0 spiro atoms. The largest absolute Gasteiger partial charge is 0.494 e. The molecule has 0 aromatic heterocycles. The normalized spacial score (nSPS) is 10.3. The molecule has 0 aliphatic rings. The molecule has 0 aliphatic carbocycles. The Kier molecular flexibility index (Phi) is 6.65. The Hall–Kier alpha value is -1.16. The number of hydrogen-bond acceptors (Lipinski definition) is 3. The number of aliphatic carboxylic acids is 1. The van der Waals surface area contributed by atoms with Gasteiger partial charge in [0.1, 0.15) is 5.75 Å². The summed E-state index contributed by atoms with van der Waals surface area (Å²) in [4.78, 5) is 10.3. The Morgan fingerprint density at radius 1 is 1.22 bits per heavy atom. The van der Waals surface area contributed by atoms with E-state index in [1.165, 1.54) is 11.1 Å². The number of hydrogen-bond donors (Lipinski definition) is 1. The zero-order chi connectivity index (χ0) is 13.4. The van der Waals surface area contributed by atoms with E-state index in [0.29, 0.717) is 12.4 Å². The van der Waals surface area contributed by atoms with E-state index < -0.39 is 5.97 Å². The molecule has 0 fully saturated rings. The lowest BCUT2D eigenvalue weighted by atomic mass is 10.1. The predicted molar refractivity (Wildman–Crippen MR) is 75.6 cm³/mol. The number of ether oxygens (including phenoxy) is 1. The number of aryl methyl sites for hydroxylation is 2. The molecule has 0 radical (unpaired) electrons. The van der Waals surface area contributed by atoms with Crippen LogP contribution >= 0.6 is 11.8 Å². The summed E-state index contributed by atoms with van der Waals surface area (Å²) < 4.78 is 5.67. The van der Waals surface area contributed by atoms with Crippen molar-refractivity contribution in [1.29, 1.82) is 0 Å². The van der Waals surface area contributed by atoms with Crippen molar-refractivity contribution in [3.63, 3.8) is 0 Å². The molecule has 100 valence electrons. The van der Waals surface area contributed by atoms with Gasteiger partial charge < -0.3 is 9.84 Å². The van der Waals surface area contributed by atoms with Crippen molar-refractivity contribution in [2.45, 2.75) is 26.7 Å². The molecule has 0 aliphatic heterocycles. The Morgan fingerprint density at radius 3 is 2.50 bits per heavy atom. The summed E-state index contributed by atoms with van der Waals surface area (Å²) in [6.45, 7) is 4.80. The maximum absolute atomic E-state index is 10.3. The van der Waals surface area contributed by atoms with Crippen molar-refractivity contribution in [1.82, 2.24) is 0 Å². The molecule has 0 atom stereocenters. The van der Waals surface area contributed by atoms with Gasteiger partial charge in [-0.05, 0) is 49.3 Å². The van der Waals surface area contributed by atoms with E-state index >= 15 is 0 Å². The highest BCUT2D eigenvalue weighted by Gasteiger charge is 1.98. The van der Waals surface area contributed by atoms with E-state index in [1.807, 2.05) is 12.1 Å². The highest BCUT2D eigenvalue weighted by Crippen LogP contribution is 2.16. The van der Waals surface area contributed by atoms with Gasteiger partial charge in [-0.2, -0.15) is 11.8 Å². The molecular weight excluding hydrogens is 248 g/mol. The zero-order valence-corrected chi connectivity index (χ0v) is 11.8. The summed E-state index contributed by atoms with van der Waals surface area (Å²) in [7, 11) is 0. The van der Waals surface area contributed by atoms with Crippen LogP contribution in [0.4, 0.5) is 0 Å². The van der Waals surface area contributed by atoms with Crippen molar-refractivity contribution >= 4 is 17.7 Å². The van der Waals surface area contributed by atoms with Gasteiger partial charge in [0.25, 0.3) is 0 Å². The molecule has 4 heteroatoms. The maximum atomic E-state index is 10.3. The van der Waals surface area contributed by atoms with E-state index in [1.54, 1.807) is 11.8 Å². The molecule has 1 N–H and O–H groups in total. The fraction of sp³-hybridized carbons (Fsp3) is 0.500. The average Bonchev–Trinajstić information content (AvgIpc) is 2.26. The molecule has 0 bridgehead atoms. The van der Waals surface area contributed by atoms with E-state index in [2.05, 4.69) is 19.9 Å². The first-order chi connectivity index (χ1) is 8.58. The number of thioether (sulfide) groups is 1. The summed E-state index contributed by atoms with van der Waals surface area (Å²) in [5, 5.41) is 8.48. The van der Waals surface area contributed by atoms with Crippen molar-refractivity contribution in [2.75, 3.05) is 18.1 Å². The summed E-state index contributed by atoms with van der Waals surface area (Å²) in [6.07, 6.45) is 1.18. The molecule has 18 heavy (non-hydrogen) atoms. The predicted octanol–water partition coefficient (Wildman–Crippen LogP) is 3.28. The van der Waals surface area contributed by atoms with E-state index in [-0.39, 0.29) is 6.42 Å². The van der Waals surface area contributed by atoms with Crippen LogP contribution in [0.3, 0.4) is 0 Å². The lowest BCUT2D eigenvalue weighted by molar-refractivity contribution is -0.136. The van der Waals surface area contributed by atoms with Gasteiger partial charge in [-0.25, -0.2) is 0 Å². The Balaban J connectivity index is 2.12. The average molecular weight is 268 g/mol. The van der Waals surface area contributed by atoms with E-state index in [0.717, 1.165) is 17.9 Å². The second-order valence-electron chi connectivity index (χ2n) is 4.28. The van der Waals surface area contributed by atoms with Crippen LogP contribution in [0.2, 0.25) is 0 Å². The second-order valence-corrected chi connectivity index (χ2v) is 5.51. The Morgan fingerprint density at radius 2 is 1.89 bits per heavy atom. The molecule has 1 rings (SSSR count). The minimum Gasteiger partial charge on any atom is -0.494 e. The van der Waals surface area contributed by atoms with Crippen molar-refractivity contribution in [3.05, 3.63) is 29.3 Å². The maximum Gasteiger partial charge on any atom is 0.304 e. The van der Waals surface area contributed by atoms with Gasteiger partial charge in [-0.3, -0.25) is 4.79 Å². The van der Waals surface area contributed by atoms with Crippen LogP contribution < -0.4 is 4.74 Å². The monoisotopic (exact) mass is 268 g/mol. The third-order valence-electron chi connectivity index (χ3n) is 2.36. The van der Waals surface area contributed by atoms with E-state index in [9.17, 15) is 4.79 Å². The first kappa shape index (κ1) is 14.9. The third-order valence-corrected chi connectivity index (χ3v) is 3.43. The first-order valence-electron chi connectivity index (χ1n) is 6.08. The Bertz CT molecular complexity index is 370. The van der Waals surface area contributed by atoms with Crippen LogP contribution in [0.15, 0.2) is 18.2 Å². The quantitative estimate of drug-likeness (QED) is 0.735. The number of carbonyl (C=O) groups is 1. The summed E-state index contributed by atoms with van der Waals surface area (Å²) >= 11 is 1.66. The van der Waals surface area contributed by atoms with Crippen LogP contribution in [-0.2, 0) is 4.79 Å². The van der Waals surface area contributed by atoms with Gasteiger partial charge >= 0.3 is 5.97 Å². The number of benzene rings is 1. The number of carboxylic acids is 1. The zero-order valence-electron chi connectivity index (χ0n) is 10.9. The molecule has 1 aromatic carbocycles. The van der Waals surface area contributed by atoms with Crippen LogP contribution in [0.25, 0.3) is 0 Å². The fourth-order valence-corrected chi connectivity index (χ4v) is 2.47. The molecule has 3 nitrogen and oxygen atoms in total. The number of carboxylic acid groups (broad SMARTS) is 1. The van der Waals surface area contributed by atoms with Gasteiger partial charge in [-0.1, -0.05) is 6.07 Å². The van der Waals surface area contributed by atoms with Crippen molar-refractivity contribution in [2.24, 2.45) is 0 Å². The Labute approximate surface area is 113 Å². The van der Waals surface area contributed by atoms with Crippen LogP contribution in [0.1, 0.15) is 24.0 Å². The fourth-order valence-electron chi connectivity index (χ4n) is 1.63. The molecule has 1 aromatic rings. The van der Waals surface area contributed by atoms with Crippen LogP contribution in [0.5, 0.6) is 5.75 Å². The minimum atomic E-state index is -0.728. The molecule has 0 amide bonds. The van der Waals surface area contributed by atoms with Gasteiger partial charge in [0, 0.05) is 5.75 Å². The van der Waals surface area contributed by atoms with Gasteiger partial charge in [0.15, 0.2) is 0 Å². The molecule has 0 saturated carbocycles. The van der Waals surface area contributed by atoms with Crippen molar-refractivity contribution < 1.29 is 14.6 Å². The highest BCUT2D eigenvalue weighted by atomic mass is 32.2. The lowest BCUT2D eigenvalue weighted by Gasteiger charge is -2.08. The second kappa shape index (κ2) is 8.03. The minimum absolute atomic E-state index is 0.239. The van der Waals surface area contributed by atoms with Gasteiger partial charge in [0.05, 0.1) is 13.0 Å². The number of rotatable bonds is 8. The third kappa shape index (κ3) is 6.55. The molecule has 0 unspecified atom stereocenters. The molecule has 0 heterocycles. The standard InChI is InChI=1S/C14H20O3S/c1-11-8-12(2)10-13(9-11)17-5-3-6-18-7-4-14(15)16/h8-10H,3-7H2,1-2H3,(H,15,16). The summed E-state index contributed by atoms with van der Waals surface area (Å²) in [5.41, 5.74) is 2.42. The summed E-state index contributed by atoms with van der Waals surface area (Å²) in [5.74, 6) is 1.81. The van der Waals surface area contributed by atoms with Crippen LogP contribution in [-0.4, -0.2) is 29.2 Å². The molecule has 0 saturated heterocycles. The summed E-state index contributed by atoms with van der Waals surface area (Å²) in [6, 6.07) is 6.18. The van der Waals surface area contributed by atoms with Crippen molar-refractivity contribution in [3.8, 4) is 5.75 Å². The van der Waals surface area contributed by atoms with Crippen LogP contribution in [0, 0.1) is 13.8 Å². The molecular formula is C14H20O3S.